The second-order valence-electron chi connectivity index (χ2n) is 5.50. The molecule has 0 unspecified atom stereocenters. The molecule has 2 aliphatic heterocycles. The molecule has 1 aromatic carbocycles. The van der Waals surface area contributed by atoms with E-state index in [0.717, 1.165) is 17.1 Å². The molecule has 0 aliphatic carbocycles. The minimum atomic E-state index is -4.82. The van der Waals surface area contributed by atoms with Crippen molar-refractivity contribution in [3.8, 4) is 0 Å². The van der Waals surface area contributed by atoms with Gasteiger partial charge in [0, 0.05) is 12.2 Å². The van der Waals surface area contributed by atoms with Crippen LogP contribution in [-0.4, -0.2) is 52.9 Å². The Morgan fingerprint density at radius 2 is 1.59 bits per heavy atom. The molecule has 2 heterocycles. The van der Waals surface area contributed by atoms with E-state index >= 15 is 0 Å². The summed E-state index contributed by atoms with van der Waals surface area (Å²) in [7, 11) is -4.82. The van der Waals surface area contributed by atoms with Crippen molar-refractivity contribution in [1.29, 1.82) is 0 Å². The Bertz CT molecular complexity index is 992. The number of hydroxylamine groups is 2. The molecule has 2 aliphatic rings. The summed E-state index contributed by atoms with van der Waals surface area (Å²) < 4.78 is 31.0. The summed E-state index contributed by atoms with van der Waals surface area (Å²) >= 11 is 0. The molecule has 1 fully saturated rings. The number of anilines is 1. The van der Waals surface area contributed by atoms with Crippen molar-refractivity contribution in [3.63, 3.8) is 0 Å². The molecule has 1 aromatic rings. The van der Waals surface area contributed by atoms with Crippen molar-refractivity contribution in [3.05, 3.63) is 42.0 Å². The number of carbonyl (C=O) groups is 5. The zero-order valence-corrected chi connectivity index (χ0v) is 14.1. The number of benzene rings is 1. The first-order valence-electron chi connectivity index (χ1n) is 7.31. The maximum atomic E-state index is 12.1. The van der Waals surface area contributed by atoms with Gasteiger partial charge in [0.25, 0.3) is 33.7 Å². The lowest BCUT2D eigenvalue weighted by molar-refractivity contribution is -0.172. The summed E-state index contributed by atoms with van der Waals surface area (Å²) in [5, 5.41) is -2.05. The summed E-state index contributed by atoms with van der Waals surface area (Å²) in [4.78, 5) is 64.2. The molecule has 0 radical (unpaired) electrons. The van der Waals surface area contributed by atoms with Crippen molar-refractivity contribution in [1.82, 2.24) is 5.06 Å². The SMILES string of the molecule is O=C(ON1C(=O)C[C@H](S(=O)(=O)O)C1=O)c1ccc(N2C(=O)C=CC2=O)cc1. The molecule has 12 heteroatoms. The lowest BCUT2D eigenvalue weighted by Gasteiger charge is -2.15. The van der Waals surface area contributed by atoms with Crippen LogP contribution in [0.3, 0.4) is 0 Å². The van der Waals surface area contributed by atoms with E-state index < -0.39 is 51.4 Å². The topological polar surface area (TPSA) is 155 Å². The maximum Gasteiger partial charge on any atom is 0.363 e. The average Bonchev–Trinajstić information content (AvgIpc) is 3.08. The zero-order chi connectivity index (χ0) is 19.9. The van der Waals surface area contributed by atoms with Gasteiger partial charge in [-0.2, -0.15) is 8.42 Å². The van der Waals surface area contributed by atoms with Crippen LogP contribution in [0.1, 0.15) is 16.8 Å². The molecule has 140 valence electrons. The molecular formula is C15H10N2O9S. The van der Waals surface area contributed by atoms with Gasteiger partial charge in [-0.25, -0.2) is 9.69 Å². The first kappa shape index (κ1) is 18.4. The maximum absolute atomic E-state index is 12.1. The van der Waals surface area contributed by atoms with Crippen molar-refractivity contribution in [2.24, 2.45) is 0 Å². The fraction of sp³-hybridized carbons (Fsp3) is 0.133. The van der Waals surface area contributed by atoms with E-state index in [9.17, 15) is 32.4 Å². The fourth-order valence-corrected chi connectivity index (χ4v) is 3.15. The Hall–Kier alpha value is -3.38. The normalized spacial score (nSPS) is 20.0. The van der Waals surface area contributed by atoms with Gasteiger partial charge in [-0.15, -0.1) is 5.06 Å². The van der Waals surface area contributed by atoms with Crippen LogP contribution in [0.4, 0.5) is 5.69 Å². The van der Waals surface area contributed by atoms with E-state index in [1.165, 1.54) is 24.3 Å². The van der Waals surface area contributed by atoms with Crippen molar-refractivity contribution in [2.45, 2.75) is 11.7 Å². The summed E-state index contributed by atoms with van der Waals surface area (Å²) in [5.41, 5.74) is 0.0491. The molecule has 11 nitrogen and oxygen atoms in total. The first-order valence-corrected chi connectivity index (χ1v) is 8.81. The minimum absolute atomic E-state index is 0.0217. The van der Waals surface area contributed by atoms with E-state index in [-0.39, 0.29) is 16.3 Å². The van der Waals surface area contributed by atoms with Gasteiger partial charge in [0.15, 0.2) is 5.25 Å². The largest absolute Gasteiger partial charge is 0.363 e. The molecule has 1 N–H and O–H groups in total. The molecule has 4 amide bonds. The average molecular weight is 394 g/mol. The van der Waals surface area contributed by atoms with Gasteiger partial charge in [0.05, 0.1) is 17.7 Å². The van der Waals surface area contributed by atoms with Crippen LogP contribution in [0.2, 0.25) is 0 Å². The predicted octanol–water partition coefficient (Wildman–Crippen LogP) is -0.797. The van der Waals surface area contributed by atoms with Crippen LogP contribution in [0, 0.1) is 0 Å². The van der Waals surface area contributed by atoms with Crippen LogP contribution in [0.5, 0.6) is 0 Å². The molecule has 0 saturated carbocycles. The van der Waals surface area contributed by atoms with Crippen molar-refractivity contribution in [2.75, 3.05) is 4.90 Å². The van der Waals surface area contributed by atoms with Gasteiger partial charge in [-0.3, -0.25) is 23.7 Å². The number of rotatable bonds is 4. The van der Waals surface area contributed by atoms with Gasteiger partial charge in [-0.1, -0.05) is 0 Å². The number of hydrogen-bond acceptors (Lipinski definition) is 8. The van der Waals surface area contributed by atoms with Gasteiger partial charge >= 0.3 is 5.97 Å². The van der Waals surface area contributed by atoms with Crippen LogP contribution in [0.15, 0.2) is 36.4 Å². The van der Waals surface area contributed by atoms with Gasteiger partial charge in [0.2, 0.25) is 0 Å². The number of amides is 4. The van der Waals surface area contributed by atoms with Gasteiger partial charge in [0.1, 0.15) is 0 Å². The van der Waals surface area contributed by atoms with Crippen LogP contribution >= 0.6 is 0 Å². The number of imide groups is 2. The number of hydrogen-bond donors (Lipinski definition) is 1. The van der Waals surface area contributed by atoms with Crippen molar-refractivity contribution >= 4 is 45.4 Å². The predicted molar refractivity (Wildman–Crippen MR) is 85.3 cm³/mol. The molecule has 27 heavy (non-hydrogen) atoms. The molecule has 0 aromatic heterocycles. The highest BCUT2D eigenvalue weighted by molar-refractivity contribution is 7.87. The van der Waals surface area contributed by atoms with Crippen LogP contribution in [-0.2, 0) is 34.1 Å². The number of nitrogens with zero attached hydrogens (tertiary/aromatic N) is 2. The smallest absolute Gasteiger partial charge is 0.325 e. The Balaban J connectivity index is 1.74. The molecular weight excluding hydrogens is 384 g/mol. The highest BCUT2D eigenvalue weighted by Gasteiger charge is 2.48. The van der Waals surface area contributed by atoms with Crippen LogP contribution in [0.25, 0.3) is 0 Å². The lowest BCUT2D eigenvalue weighted by Crippen LogP contribution is -2.36. The first-order chi connectivity index (χ1) is 12.6. The summed E-state index contributed by atoms with van der Waals surface area (Å²) in [6.45, 7) is 0. The summed E-state index contributed by atoms with van der Waals surface area (Å²) in [6.07, 6.45) is 1.32. The van der Waals surface area contributed by atoms with E-state index in [1.807, 2.05) is 0 Å². The second-order valence-corrected chi connectivity index (χ2v) is 7.10. The Morgan fingerprint density at radius 1 is 1.04 bits per heavy atom. The zero-order valence-electron chi connectivity index (χ0n) is 13.3. The number of carbonyl (C=O) groups excluding carboxylic acids is 5. The molecule has 1 atom stereocenters. The van der Waals surface area contributed by atoms with E-state index in [1.54, 1.807) is 0 Å². The monoisotopic (exact) mass is 394 g/mol. The van der Waals surface area contributed by atoms with E-state index in [0.29, 0.717) is 0 Å². The summed E-state index contributed by atoms with van der Waals surface area (Å²) in [6, 6.07) is 4.91. The van der Waals surface area contributed by atoms with Crippen LogP contribution < -0.4 is 4.90 Å². The molecule has 1 saturated heterocycles. The third-order valence-electron chi connectivity index (χ3n) is 3.77. The molecule has 0 spiro atoms. The lowest BCUT2D eigenvalue weighted by atomic mass is 10.2. The Morgan fingerprint density at radius 3 is 2.07 bits per heavy atom. The van der Waals surface area contributed by atoms with Crippen molar-refractivity contribution < 1.29 is 41.8 Å². The Kier molecular flexibility index (Phi) is 4.37. The third kappa shape index (κ3) is 3.35. The van der Waals surface area contributed by atoms with E-state index in [2.05, 4.69) is 4.84 Å². The fourth-order valence-electron chi connectivity index (χ4n) is 2.45. The standard InChI is InChI=1S/C15H10N2O9S/c18-11-5-6-12(19)16(11)9-3-1-8(2-4-9)15(22)26-17-13(20)7-10(14(17)21)27(23,24)25/h1-6,10H,7H2,(H,23,24,25)/t10-/m0/s1. The Labute approximate surface area is 151 Å². The highest BCUT2D eigenvalue weighted by Crippen LogP contribution is 2.22. The third-order valence-corrected chi connectivity index (χ3v) is 4.85. The molecule has 0 bridgehead atoms. The minimum Gasteiger partial charge on any atom is -0.325 e. The second kappa shape index (κ2) is 6.41. The van der Waals surface area contributed by atoms with Gasteiger partial charge in [-0.05, 0) is 24.3 Å². The van der Waals surface area contributed by atoms with Gasteiger partial charge < -0.3 is 4.84 Å². The summed E-state index contributed by atoms with van der Waals surface area (Å²) in [5.74, 6) is -4.75. The molecule has 3 rings (SSSR count). The van der Waals surface area contributed by atoms with E-state index in [4.69, 9.17) is 4.55 Å². The quantitative estimate of drug-likeness (QED) is 0.510. The highest BCUT2D eigenvalue weighted by atomic mass is 32.2.